The van der Waals surface area contributed by atoms with Gasteiger partial charge >= 0.3 is 6.03 Å². The third-order valence-corrected chi connectivity index (χ3v) is 4.46. The molecule has 0 atom stereocenters. The number of aromatic nitrogens is 2. The maximum absolute atomic E-state index is 13.4. The van der Waals surface area contributed by atoms with E-state index in [4.69, 9.17) is 0 Å². The summed E-state index contributed by atoms with van der Waals surface area (Å²) >= 11 is 0. The number of urea groups is 1. The Morgan fingerprint density at radius 3 is 2.65 bits per heavy atom. The smallest absolute Gasteiger partial charge is 0.317 e. The monoisotopic (exact) mass is 350 g/mol. The number of nitrogens with one attached hydrogen (secondary N) is 2. The summed E-state index contributed by atoms with van der Waals surface area (Å²) in [6.45, 7) is 0.404. The van der Waals surface area contributed by atoms with Crippen molar-refractivity contribution in [3.8, 4) is 11.1 Å². The highest BCUT2D eigenvalue weighted by Gasteiger charge is 2.32. The zero-order valence-corrected chi connectivity index (χ0v) is 14.2. The van der Waals surface area contributed by atoms with Crippen LogP contribution in [0.4, 0.5) is 14.9 Å². The third-order valence-electron chi connectivity index (χ3n) is 4.46. The summed E-state index contributed by atoms with van der Waals surface area (Å²) in [6.07, 6.45) is 5.55. The standard InChI is InChI=1S/C20H19FN4O/c21-17-3-1-2-14(10-17)13-25(19-8-9-19)20(26)24-18-6-4-15(5-7-18)16-11-22-23-12-16/h1-7,10-12,19H,8-9,13H2,(H,22,23)(H,24,26). The first-order valence-electron chi connectivity index (χ1n) is 8.60. The number of carbonyl (C=O) groups is 1. The Kier molecular flexibility index (Phi) is 4.39. The van der Waals surface area contributed by atoms with E-state index in [-0.39, 0.29) is 17.9 Å². The minimum absolute atomic E-state index is 0.159. The van der Waals surface area contributed by atoms with Crippen LogP contribution in [0.1, 0.15) is 18.4 Å². The Morgan fingerprint density at radius 2 is 2.00 bits per heavy atom. The number of rotatable bonds is 5. The topological polar surface area (TPSA) is 61.0 Å². The molecule has 3 aromatic rings. The number of H-pyrrole nitrogens is 1. The van der Waals surface area contributed by atoms with Crippen LogP contribution < -0.4 is 5.32 Å². The van der Waals surface area contributed by atoms with Gasteiger partial charge in [-0.05, 0) is 48.2 Å². The first kappa shape index (κ1) is 16.3. The molecule has 1 aliphatic rings. The molecule has 0 saturated heterocycles. The minimum atomic E-state index is -0.284. The van der Waals surface area contributed by atoms with Gasteiger partial charge in [0.05, 0.1) is 6.20 Å². The van der Waals surface area contributed by atoms with E-state index in [0.717, 1.165) is 35.2 Å². The zero-order chi connectivity index (χ0) is 17.9. The Balaban J connectivity index is 1.45. The van der Waals surface area contributed by atoms with Gasteiger partial charge in [0.25, 0.3) is 0 Å². The van der Waals surface area contributed by atoms with Crippen LogP contribution in [0.5, 0.6) is 0 Å². The summed E-state index contributed by atoms with van der Waals surface area (Å²) in [5.41, 5.74) is 3.54. The number of amides is 2. The van der Waals surface area contributed by atoms with E-state index >= 15 is 0 Å². The summed E-state index contributed by atoms with van der Waals surface area (Å²) in [5.74, 6) is -0.284. The summed E-state index contributed by atoms with van der Waals surface area (Å²) < 4.78 is 13.4. The molecule has 4 rings (SSSR count). The summed E-state index contributed by atoms with van der Waals surface area (Å²) in [5, 5.41) is 9.66. The van der Waals surface area contributed by atoms with Crippen LogP contribution in [-0.4, -0.2) is 27.2 Å². The first-order valence-corrected chi connectivity index (χ1v) is 8.60. The Morgan fingerprint density at radius 1 is 1.19 bits per heavy atom. The normalized spacial score (nSPS) is 13.4. The Labute approximate surface area is 150 Å². The van der Waals surface area contributed by atoms with E-state index in [2.05, 4.69) is 15.5 Å². The number of aromatic amines is 1. The molecule has 0 bridgehead atoms. The zero-order valence-electron chi connectivity index (χ0n) is 14.2. The number of hydrogen-bond acceptors (Lipinski definition) is 2. The fourth-order valence-corrected chi connectivity index (χ4v) is 2.93. The van der Waals surface area contributed by atoms with Gasteiger partial charge in [-0.1, -0.05) is 24.3 Å². The lowest BCUT2D eigenvalue weighted by Crippen LogP contribution is -2.36. The van der Waals surface area contributed by atoms with Crippen molar-refractivity contribution < 1.29 is 9.18 Å². The van der Waals surface area contributed by atoms with E-state index < -0.39 is 0 Å². The Bertz CT molecular complexity index is 888. The van der Waals surface area contributed by atoms with Crippen molar-refractivity contribution in [1.29, 1.82) is 0 Å². The van der Waals surface area contributed by atoms with Crippen molar-refractivity contribution >= 4 is 11.7 Å². The minimum Gasteiger partial charge on any atom is -0.317 e. The molecule has 0 unspecified atom stereocenters. The van der Waals surface area contributed by atoms with Gasteiger partial charge in [0.2, 0.25) is 0 Å². The van der Waals surface area contributed by atoms with Crippen LogP contribution in [0.15, 0.2) is 60.9 Å². The van der Waals surface area contributed by atoms with Crippen molar-refractivity contribution in [3.63, 3.8) is 0 Å². The molecule has 2 amide bonds. The highest BCUT2D eigenvalue weighted by atomic mass is 19.1. The SMILES string of the molecule is O=C(Nc1ccc(-c2cn[nH]c2)cc1)N(Cc1cccc(F)c1)C1CC1. The molecule has 6 heteroatoms. The highest BCUT2D eigenvalue weighted by molar-refractivity contribution is 5.90. The second-order valence-electron chi connectivity index (χ2n) is 6.48. The second-order valence-corrected chi connectivity index (χ2v) is 6.48. The van der Waals surface area contributed by atoms with Gasteiger partial charge in [0, 0.05) is 30.0 Å². The van der Waals surface area contributed by atoms with E-state index in [1.165, 1.54) is 12.1 Å². The number of anilines is 1. The van der Waals surface area contributed by atoms with Gasteiger partial charge in [-0.15, -0.1) is 0 Å². The lowest BCUT2D eigenvalue weighted by atomic mass is 10.1. The molecule has 0 aliphatic heterocycles. The fourth-order valence-electron chi connectivity index (χ4n) is 2.93. The van der Waals surface area contributed by atoms with Crippen LogP contribution >= 0.6 is 0 Å². The van der Waals surface area contributed by atoms with E-state index in [1.54, 1.807) is 17.2 Å². The molecule has 5 nitrogen and oxygen atoms in total. The molecule has 26 heavy (non-hydrogen) atoms. The average Bonchev–Trinajstić information content (AvgIpc) is 3.33. The molecule has 1 heterocycles. The molecule has 1 aliphatic carbocycles. The summed E-state index contributed by atoms with van der Waals surface area (Å²) in [4.78, 5) is 14.5. The van der Waals surface area contributed by atoms with Crippen LogP contribution in [0, 0.1) is 5.82 Å². The predicted octanol–water partition coefficient (Wildman–Crippen LogP) is 4.41. The van der Waals surface area contributed by atoms with Gasteiger partial charge in [-0.2, -0.15) is 5.10 Å². The second kappa shape index (κ2) is 7.00. The quantitative estimate of drug-likeness (QED) is 0.716. The third kappa shape index (κ3) is 3.74. The van der Waals surface area contributed by atoms with Crippen LogP contribution in [0.2, 0.25) is 0 Å². The molecular formula is C20H19FN4O. The van der Waals surface area contributed by atoms with Gasteiger partial charge in [0.1, 0.15) is 5.82 Å². The van der Waals surface area contributed by atoms with Crippen LogP contribution in [-0.2, 0) is 6.54 Å². The van der Waals surface area contributed by atoms with E-state index in [0.29, 0.717) is 6.54 Å². The first-order chi connectivity index (χ1) is 12.7. The van der Waals surface area contributed by atoms with E-state index in [9.17, 15) is 9.18 Å². The number of halogens is 1. The number of benzene rings is 2. The lowest BCUT2D eigenvalue weighted by Gasteiger charge is -2.23. The van der Waals surface area contributed by atoms with Crippen molar-refractivity contribution in [2.45, 2.75) is 25.4 Å². The number of hydrogen-bond donors (Lipinski definition) is 2. The van der Waals surface area contributed by atoms with Gasteiger partial charge in [-0.25, -0.2) is 9.18 Å². The summed E-state index contributed by atoms with van der Waals surface area (Å²) in [6, 6.07) is 14.1. The number of nitrogens with zero attached hydrogens (tertiary/aromatic N) is 2. The molecule has 1 fully saturated rings. The Hall–Kier alpha value is -3.15. The maximum Gasteiger partial charge on any atom is 0.322 e. The van der Waals surface area contributed by atoms with E-state index in [1.807, 2.05) is 36.5 Å². The van der Waals surface area contributed by atoms with Crippen LogP contribution in [0.25, 0.3) is 11.1 Å². The maximum atomic E-state index is 13.4. The molecule has 1 aromatic heterocycles. The average molecular weight is 350 g/mol. The van der Waals surface area contributed by atoms with Crippen molar-refractivity contribution in [1.82, 2.24) is 15.1 Å². The van der Waals surface area contributed by atoms with Gasteiger partial charge in [0.15, 0.2) is 0 Å². The molecular weight excluding hydrogens is 331 g/mol. The molecule has 132 valence electrons. The van der Waals surface area contributed by atoms with Gasteiger partial charge in [-0.3, -0.25) is 5.10 Å². The summed E-state index contributed by atoms with van der Waals surface area (Å²) in [7, 11) is 0. The molecule has 2 N–H and O–H groups in total. The van der Waals surface area contributed by atoms with Crippen molar-refractivity contribution in [2.24, 2.45) is 0 Å². The van der Waals surface area contributed by atoms with Crippen LogP contribution in [0.3, 0.4) is 0 Å². The highest BCUT2D eigenvalue weighted by Crippen LogP contribution is 2.29. The van der Waals surface area contributed by atoms with Crippen molar-refractivity contribution in [3.05, 3.63) is 72.3 Å². The molecule has 2 aromatic carbocycles. The number of carbonyl (C=O) groups excluding carboxylic acids is 1. The molecule has 1 saturated carbocycles. The predicted molar refractivity (Wildman–Crippen MR) is 98.0 cm³/mol. The largest absolute Gasteiger partial charge is 0.322 e. The van der Waals surface area contributed by atoms with Crippen molar-refractivity contribution in [2.75, 3.05) is 5.32 Å². The molecule has 0 radical (unpaired) electrons. The molecule has 0 spiro atoms. The lowest BCUT2D eigenvalue weighted by molar-refractivity contribution is 0.206. The fraction of sp³-hybridized carbons (Fsp3) is 0.200. The van der Waals surface area contributed by atoms with Gasteiger partial charge < -0.3 is 10.2 Å².